The minimum Gasteiger partial charge on any atom is -0.313 e. The maximum Gasteiger partial charge on any atom is 0.148 e. The van der Waals surface area contributed by atoms with Crippen LogP contribution in [0.4, 0.5) is 0 Å². The summed E-state index contributed by atoms with van der Waals surface area (Å²) in [7, 11) is -6.23. The van der Waals surface area contributed by atoms with Crippen LogP contribution in [-0.2, 0) is 9.13 Å². The molecule has 0 radical (unpaired) electrons. The molecule has 0 spiro atoms. The second-order valence-corrected chi connectivity index (χ2v) is 18.0. The van der Waals surface area contributed by atoms with Crippen molar-refractivity contribution >= 4 is 46.3 Å². The fourth-order valence-electron chi connectivity index (χ4n) is 4.88. The average molecular weight is 489 g/mol. The Bertz CT molecular complexity index is 1300. The molecular weight excluding hydrogens is 454 g/mol. The van der Waals surface area contributed by atoms with E-state index in [9.17, 15) is 0 Å². The molecule has 0 saturated carbocycles. The van der Waals surface area contributed by atoms with Gasteiger partial charge in [0.15, 0.2) is 0 Å². The molecule has 176 valence electrons. The molecule has 0 fully saturated rings. The zero-order valence-corrected chi connectivity index (χ0v) is 22.7. The smallest absolute Gasteiger partial charge is 0.148 e. The lowest BCUT2D eigenvalue weighted by Crippen LogP contribution is -2.35. The van der Waals surface area contributed by atoms with E-state index >= 15 is 9.13 Å². The molecule has 0 amide bonds. The Morgan fingerprint density at radius 3 is 1.15 bits per heavy atom. The molecule has 0 N–H and O–H groups in total. The van der Waals surface area contributed by atoms with Crippen LogP contribution in [-0.4, -0.2) is 10.3 Å². The molecule has 2 nitrogen and oxygen atoms in total. The first-order chi connectivity index (χ1) is 15.9. The molecule has 4 rings (SSSR count). The van der Waals surface area contributed by atoms with Crippen LogP contribution >= 0.6 is 14.3 Å². The first-order valence-corrected chi connectivity index (χ1v) is 15.2. The van der Waals surface area contributed by atoms with Gasteiger partial charge in [-0.1, -0.05) is 139 Å². The minimum atomic E-state index is -3.11. The summed E-state index contributed by atoms with van der Waals surface area (Å²) >= 11 is 0. The largest absolute Gasteiger partial charge is 0.313 e. The van der Waals surface area contributed by atoms with E-state index in [1.165, 1.54) is 0 Å². The Labute approximate surface area is 204 Å². The van der Waals surface area contributed by atoms with E-state index < -0.39 is 24.6 Å². The van der Waals surface area contributed by atoms with E-state index in [0.717, 1.165) is 32.0 Å². The van der Waals surface area contributed by atoms with Crippen molar-refractivity contribution in [3.05, 3.63) is 97.1 Å². The molecule has 2 unspecified atom stereocenters. The summed E-state index contributed by atoms with van der Waals surface area (Å²) in [4.78, 5) is 0. The normalized spacial score (nSPS) is 16.1. The zero-order valence-electron chi connectivity index (χ0n) is 20.9. The quantitative estimate of drug-likeness (QED) is 0.288. The molecule has 4 aromatic carbocycles. The van der Waals surface area contributed by atoms with Crippen molar-refractivity contribution in [3.8, 4) is 0 Å². The highest BCUT2D eigenvalue weighted by atomic mass is 31.2. The first-order valence-electron chi connectivity index (χ1n) is 11.8. The van der Waals surface area contributed by atoms with E-state index in [2.05, 4.69) is 0 Å². The van der Waals surface area contributed by atoms with Crippen LogP contribution in [0.2, 0.25) is 0 Å². The van der Waals surface area contributed by atoms with Gasteiger partial charge in [-0.25, -0.2) is 0 Å². The van der Waals surface area contributed by atoms with Gasteiger partial charge in [0.25, 0.3) is 0 Å². The second kappa shape index (κ2) is 8.67. The number of rotatable bonds is 4. The molecule has 0 aliphatic heterocycles. The van der Waals surface area contributed by atoms with Crippen LogP contribution in [0.3, 0.4) is 0 Å². The van der Waals surface area contributed by atoms with Crippen molar-refractivity contribution in [2.24, 2.45) is 0 Å². The van der Waals surface area contributed by atoms with Crippen molar-refractivity contribution in [2.45, 2.75) is 51.9 Å². The summed E-state index contributed by atoms with van der Waals surface area (Å²) < 4.78 is 30.5. The Morgan fingerprint density at radius 2 is 0.824 bits per heavy atom. The van der Waals surface area contributed by atoms with Crippen LogP contribution in [0.25, 0.3) is 10.8 Å². The minimum absolute atomic E-state index is 0.520. The third-order valence-electron chi connectivity index (χ3n) is 6.67. The highest BCUT2D eigenvalue weighted by molar-refractivity contribution is 7.82. The van der Waals surface area contributed by atoms with Gasteiger partial charge in [0.1, 0.15) is 14.3 Å². The highest BCUT2D eigenvalue weighted by Gasteiger charge is 2.45. The third kappa shape index (κ3) is 3.82. The van der Waals surface area contributed by atoms with Gasteiger partial charge >= 0.3 is 0 Å². The molecule has 2 atom stereocenters. The summed E-state index contributed by atoms with van der Waals surface area (Å²) in [5.74, 6) is 0. The molecule has 0 bridgehead atoms. The van der Waals surface area contributed by atoms with Gasteiger partial charge < -0.3 is 9.13 Å². The lowest BCUT2D eigenvalue weighted by Gasteiger charge is -2.36. The standard InChI is InChI=1S/C30H34O2P2/c1-29(2,3)33(31,24-17-9-7-10-18-24)26-21-13-15-23-16-14-22-27(28(23)26)34(32,30(4,5)6)25-19-11-8-12-20-25/h7-22H,1-6H3. The number of fused-ring (bicyclic) bond motifs is 1. The van der Waals surface area contributed by atoms with E-state index in [0.29, 0.717) is 0 Å². The van der Waals surface area contributed by atoms with Crippen molar-refractivity contribution in [1.29, 1.82) is 0 Å². The van der Waals surface area contributed by atoms with Crippen LogP contribution in [0.1, 0.15) is 41.5 Å². The lowest BCUT2D eigenvalue weighted by molar-refractivity contribution is 0.564. The van der Waals surface area contributed by atoms with E-state index in [4.69, 9.17) is 0 Å². The second-order valence-electron chi connectivity index (χ2n) is 10.9. The van der Waals surface area contributed by atoms with Gasteiger partial charge in [-0.15, -0.1) is 0 Å². The summed E-state index contributed by atoms with van der Waals surface area (Å²) in [6.45, 7) is 12.3. The Morgan fingerprint density at radius 1 is 0.471 bits per heavy atom. The van der Waals surface area contributed by atoms with E-state index in [1.54, 1.807) is 0 Å². The molecule has 0 aliphatic rings. The predicted octanol–water partition coefficient (Wildman–Crippen LogP) is 7.06. The molecular formula is C30H34O2P2. The summed E-state index contributed by atoms with van der Waals surface area (Å²) in [5, 5.41) is 4.04. The summed E-state index contributed by atoms with van der Waals surface area (Å²) in [6, 6.07) is 31.6. The zero-order chi connectivity index (χ0) is 24.8. The molecule has 0 aliphatic carbocycles. The summed E-state index contributed by atoms with van der Waals surface area (Å²) in [6.07, 6.45) is 0. The Hall–Kier alpha value is -2.40. The average Bonchev–Trinajstić information content (AvgIpc) is 2.82. The number of benzene rings is 4. The molecule has 4 heteroatoms. The van der Waals surface area contributed by atoms with Crippen molar-refractivity contribution in [2.75, 3.05) is 0 Å². The fraction of sp³-hybridized carbons (Fsp3) is 0.267. The maximum absolute atomic E-state index is 15.2. The maximum atomic E-state index is 15.2. The van der Waals surface area contributed by atoms with Gasteiger partial charge in [-0.05, 0) is 5.39 Å². The van der Waals surface area contributed by atoms with Crippen molar-refractivity contribution in [1.82, 2.24) is 0 Å². The van der Waals surface area contributed by atoms with E-state index in [-0.39, 0.29) is 0 Å². The molecule has 0 saturated heterocycles. The van der Waals surface area contributed by atoms with Crippen molar-refractivity contribution < 1.29 is 9.13 Å². The molecule has 0 heterocycles. The van der Waals surface area contributed by atoms with Crippen molar-refractivity contribution in [3.63, 3.8) is 0 Å². The van der Waals surface area contributed by atoms with Gasteiger partial charge in [0.2, 0.25) is 0 Å². The Balaban J connectivity index is 2.19. The van der Waals surface area contributed by atoms with Crippen LogP contribution < -0.4 is 21.2 Å². The van der Waals surface area contributed by atoms with Gasteiger partial charge in [-0.2, -0.15) is 0 Å². The fourth-order valence-corrected chi connectivity index (χ4v) is 11.4. The molecule has 4 aromatic rings. The van der Waals surface area contributed by atoms with E-state index in [1.807, 2.05) is 139 Å². The van der Waals surface area contributed by atoms with Crippen LogP contribution in [0.15, 0.2) is 97.1 Å². The lowest BCUT2D eigenvalue weighted by atomic mass is 10.1. The highest BCUT2D eigenvalue weighted by Crippen LogP contribution is 2.60. The topological polar surface area (TPSA) is 34.1 Å². The number of hydrogen-bond acceptors (Lipinski definition) is 2. The predicted molar refractivity (Wildman–Crippen MR) is 150 cm³/mol. The SMILES string of the molecule is CC(C)(C)P(=O)(c1ccccc1)c1cccc2cccc(P(=O)(c3ccccc3)C(C)(C)C)c12. The first kappa shape index (κ1) is 24.7. The van der Waals surface area contributed by atoms with Gasteiger partial charge in [-0.3, -0.25) is 0 Å². The molecule has 34 heavy (non-hydrogen) atoms. The summed E-state index contributed by atoms with van der Waals surface area (Å²) in [5.41, 5.74) is 0. The van der Waals surface area contributed by atoms with Crippen LogP contribution in [0.5, 0.6) is 0 Å². The third-order valence-corrected chi connectivity index (χ3v) is 14.6. The number of hydrogen-bond donors (Lipinski definition) is 0. The molecule has 0 aromatic heterocycles. The van der Waals surface area contributed by atoms with Crippen LogP contribution in [0, 0.1) is 0 Å². The van der Waals surface area contributed by atoms with Gasteiger partial charge in [0.05, 0.1) is 0 Å². The van der Waals surface area contributed by atoms with Gasteiger partial charge in [0, 0.05) is 36.9 Å². The Kier molecular flexibility index (Phi) is 6.30. The monoisotopic (exact) mass is 488 g/mol.